The molecular formula is C17H22N4O4. The third kappa shape index (κ3) is 4.63. The highest BCUT2D eigenvalue weighted by molar-refractivity contribution is 6.32. The molecule has 4 amide bonds. The number of urea groups is 1. The lowest BCUT2D eigenvalue weighted by Crippen LogP contribution is -2.58. The Kier molecular flexibility index (Phi) is 6.24. The van der Waals surface area contributed by atoms with Crippen molar-refractivity contribution >= 4 is 29.7 Å². The van der Waals surface area contributed by atoms with Gasteiger partial charge in [0.1, 0.15) is 5.75 Å². The first-order valence-corrected chi connectivity index (χ1v) is 7.91. The van der Waals surface area contributed by atoms with Gasteiger partial charge in [0, 0.05) is 18.8 Å². The van der Waals surface area contributed by atoms with Crippen molar-refractivity contribution in [3.63, 3.8) is 0 Å². The number of barbiturate groups is 1. The Balaban J connectivity index is 2.14. The molecule has 1 fully saturated rings. The van der Waals surface area contributed by atoms with Gasteiger partial charge in [-0.15, -0.1) is 0 Å². The summed E-state index contributed by atoms with van der Waals surface area (Å²) in [4.78, 5) is 43.8. The van der Waals surface area contributed by atoms with E-state index < -0.39 is 23.8 Å². The van der Waals surface area contributed by atoms with Gasteiger partial charge in [0.05, 0.1) is 12.8 Å². The van der Waals surface area contributed by atoms with Crippen LogP contribution >= 0.6 is 0 Å². The number of amides is 4. The summed E-state index contributed by atoms with van der Waals surface area (Å²) in [6.45, 7) is 1.36. The highest BCUT2D eigenvalue weighted by atomic mass is 16.5. The number of methoxy groups -OCH3 is 1. The number of hydrogen-bond donors (Lipinski definition) is 1. The van der Waals surface area contributed by atoms with Gasteiger partial charge in [-0.2, -0.15) is 0 Å². The van der Waals surface area contributed by atoms with Crippen molar-refractivity contribution in [2.24, 2.45) is 10.9 Å². The van der Waals surface area contributed by atoms with Crippen LogP contribution < -0.4 is 15.0 Å². The van der Waals surface area contributed by atoms with E-state index in [-0.39, 0.29) is 0 Å². The average molecular weight is 346 g/mol. The molecular weight excluding hydrogens is 324 g/mol. The monoisotopic (exact) mass is 346 g/mol. The van der Waals surface area contributed by atoms with Crippen LogP contribution in [0.2, 0.25) is 0 Å². The van der Waals surface area contributed by atoms with Crippen LogP contribution in [0.15, 0.2) is 29.3 Å². The van der Waals surface area contributed by atoms with Crippen LogP contribution in [0.1, 0.15) is 6.42 Å². The number of carbonyl (C=O) groups excluding carboxylic acids is 3. The summed E-state index contributed by atoms with van der Waals surface area (Å²) in [5.74, 6) is -1.91. The summed E-state index contributed by atoms with van der Waals surface area (Å²) in [6, 6.07) is 5.74. The minimum Gasteiger partial charge on any atom is -0.497 e. The van der Waals surface area contributed by atoms with E-state index in [1.807, 2.05) is 19.0 Å². The number of nitrogens with zero attached hydrogens (tertiary/aromatic N) is 3. The number of hydrogen-bond acceptors (Lipinski definition) is 6. The second-order valence-electron chi connectivity index (χ2n) is 5.86. The quantitative estimate of drug-likeness (QED) is 0.450. The number of anilines is 1. The van der Waals surface area contributed by atoms with Gasteiger partial charge in [-0.25, -0.2) is 9.69 Å². The molecule has 0 spiro atoms. The normalized spacial score (nSPS) is 18.2. The van der Waals surface area contributed by atoms with E-state index >= 15 is 0 Å². The van der Waals surface area contributed by atoms with E-state index in [0.717, 1.165) is 17.9 Å². The molecule has 0 radical (unpaired) electrons. The van der Waals surface area contributed by atoms with Crippen LogP contribution in [0, 0.1) is 5.92 Å². The predicted molar refractivity (Wildman–Crippen MR) is 94.0 cm³/mol. The molecule has 8 nitrogen and oxygen atoms in total. The molecule has 2 rings (SSSR count). The van der Waals surface area contributed by atoms with Crippen molar-refractivity contribution in [3.05, 3.63) is 24.3 Å². The van der Waals surface area contributed by atoms with Crippen molar-refractivity contribution in [2.45, 2.75) is 6.42 Å². The van der Waals surface area contributed by atoms with Crippen LogP contribution in [-0.4, -0.2) is 63.3 Å². The number of carbonyl (C=O) groups is 3. The van der Waals surface area contributed by atoms with Gasteiger partial charge in [0.2, 0.25) is 5.91 Å². The average Bonchev–Trinajstić information content (AvgIpc) is 2.57. The third-order valence-electron chi connectivity index (χ3n) is 3.66. The molecule has 0 saturated carbocycles. The summed E-state index contributed by atoms with van der Waals surface area (Å²) < 4.78 is 5.11. The van der Waals surface area contributed by atoms with E-state index in [1.54, 1.807) is 24.3 Å². The van der Waals surface area contributed by atoms with Crippen molar-refractivity contribution in [1.29, 1.82) is 0 Å². The van der Waals surface area contributed by atoms with E-state index in [1.165, 1.54) is 13.3 Å². The fourth-order valence-electron chi connectivity index (χ4n) is 2.37. The molecule has 0 bridgehead atoms. The van der Waals surface area contributed by atoms with Crippen molar-refractivity contribution in [3.8, 4) is 5.75 Å². The summed E-state index contributed by atoms with van der Waals surface area (Å²) in [5.41, 5.74) is 0.334. The number of imide groups is 2. The molecule has 1 atom stereocenters. The number of benzene rings is 1. The number of aliphatic imine (C=N–C) groups is 1. The lowest BCUT2D eigenvalue weighted by Gasteiger charge is -2.28. The molecule has 1 aliphatic heterocycles. The fourth-order valence-corrected chi connectivity index (χ4v) is 2.37. The molecule has 1 N–H and O–H groups in total. The zero-order valence-corrected chi connectivity index (χ0v) is 14.6. The Morgan fingerprint density at radius 3 is 2.76 bits per heavy atom. The largest absolute Gasteiger partial charge is 0.497 e. The first-order chi connectivity index (χ1) is 11.9. The van der Waals surface area contributed by atoms with Crippen LogP contribution in [-0.2, 0) is 9.59 Å². The molecule has 1 saturated heterocycles. The van der Waals surface area contributed by atoms with E-state index in [2.05, 4.69) is 10.3 Å². The van der Waals surface area contributed by atoms with E-state index in [4.69, 9.17) is 4.74 Å². The Labute approximate surface area is 146 Å². The van der Waals surface area contributed by atoms with Gasteiger partial charge >= 0.3 is 6.03 Å². The van der Waals surface area contributed by atoms with Gasteiger partial charge in [0.25, 0.3) is 5.91 Å². The predicted octanol–water partition coefficient (Wildman–Crippen LogP) is 0.917. The Morgan fingerprint density at radius 2 is 2.08 bits per heavy atom. The topological polar surface area (TPSA) is 91.3 Å². The molecule has 8 heteroatoms. The Morgan fingerprint density at radius 1 is 1.32 bits per heavy atom. The molecule has 25 heavy (non-hydrogen) atoms. The standard InChI is InChI=1S/C17H22N4O4/c1-20(2)9-5-8-18-11-14-15(22)19-17(24)21(16(14)23)12-6-4-7-13(10-12)25-3/h4,6-7,10-11,14H,5,8-9H2,1-3H3,(H,19,22,24). The minimum atomic E-state index is -1.12. The maximum absolute atomic E-state index is 12.6. The zero-order chi connectivity index (χ0) is 18.4. The Bertz CT molecular complexity index is 687. The van der Waals surface area contributed by atoms with Crippen LogP contribution in [0.25, 0.3) is 0 Å². The zero-order valence-electron chi connectivity index (χ0n) is 14.6. The van der Waals surface area contributed by atoms with Crippen LogP contribution in [0.5, 0.6) is 5.75 Å². The molecule has 1 aliphatic rings. The van der Waals surface area contributed by atoms with Gasteiger partial charge < -0.3 is 9.64 Å². The summed E-state index contributed by atoms with van der Waals surface area (Å²) in [7, 11) is 5.41. The third-order valence-corrected chi connectivity index (χ3v) is 3.66. The molecule has 0 aliphatic carbocycles. The highest BCUT2D eigenvalue weighted by Crippen LogP contribution is 2.24. The van der Waals surface area contributed by atoms with Gasteiger partial charge in [-0.1, -0.05) is 6.07 Å². The number of nitrogens with one attached hydrogen (secondary N) is 1. The molecule has 1 unspecified atom stereocenters. The molecule has 1 heterocycles. The minimum absolute atomic E-state index is 0.334. The van der Waals surface area contributed by atoms with E-state index in [0.29, 0.717) is 18.0 Å². The van der Waals surface area contributed by atoms with E-state index in [9.17, 15) is 14.4 Å². The molecule has 134 valence electrons. The summed E-state index contributed by atoms with van der Waals surface area (Å²) >= 11 is 0. The maximum atomic E-state index is 12.6. The van der Waals surface area contributed by atoms with Crippen LogP contribution in [0.3, 0.4) is 0 Å². The SMILES string of the molecule is COc1cccc(N2C(=O)NC(=O)C(C=NCCCN(C)C)C2=O)c1. The first-order valence-electron chi connectivity index (χ1n) is 7.91. The smallest absolute Gasteiger partial charge is 0.335 e. The van der Waals surface area contributed by atoms with Gasteiger partial charge in [-0.3, -0.25) is 19.9 Å². The van der Waals surface area contributed by atoms with Gasteiger partial charge in [0.15, 0.2) is 5.92 Å². The second-order valence-corrected chi connectivity index (χ2v) is 5.86. The molecule has 1 aromatic rings. The number of ether oxygens (including phenoxy) is 1. The Hall–Kier alpha value is -2.74. The summed E-state index contributed by atoms with van der Waals surface area (Å²) in [5, 5.41) is 2.19. The van der Waals surface area contributed by atoms with Crippen molar-refractivity contribution in [2.75, 3.05) is 39.2 Å². The van der Waals surface area contributed by atoms with Crippen molar-refractivity contribution < 1.29 is 19.1 Å². The molecule has 0 aromatic heterocycles. The van der Waals surface area contributed by atoms with Crippen LogP contribution in [0.4, 0.5) is 10.5 Å². The maximum Gasteiger partial charge on any atom is 0.335 e. The number of rotatable bonds is 7. The fraction of sp³-hybridized carbons (Fsp3) is 0.412. The first kappa shape index (κ1) is 18.6. The van der Waals surface area contributed by atoms with Crippen molar-refractivity contribution in [1.82, 2.24) is 10.2 Å². The summed E-state index contributed by atoms with van der Waals surface area (Å²) in [6.07, 6.45) is 2.12. The lowest BCUT2D eigenvalue weighted by atomic mass is 10.1. The lowest BCUT2D eigenvalue weighted by molar-refractivity contribution is -0.131. The van der Waals surface area contributed by atoms with Gasteiger partial charge in [-0.05, 0) is 39.2 Å². The highest BCUT2D eigenvalue weighted by Gasteiger charge is 2.40. The molecule has 1 aromatic carbocycles. The second kappa shape index (κ2) is 8.39.